The maximum atomic E-state index is 10.7. The average Bonchev–Trinajstić information content (AvgIpc) is 2.60. The first kappa shape index (κ1) is 25.0. The smallest absolute Gasteiger partial charge is 0.355 e. The molecule has 0 aromatic heterocycles. The van der Waals surface area contributed by atoms with E-state index in [1.54, 1.807) is 6.66 Å². The van der Waals surface area contributed by atoms with E-state index in [1.165, 1.54) is 83.5 Å². The van der Waals surface area contributed by atoms with Crippen LogP contribution in [0.1, 0.15) is 96.8 Å². The minimum Gasteiger partial charge on any atom is -0.355 e. The summed E-state index contributed by atoms with van der Waals surface area (Å²) in [5.41, 5.74) is 0. The van der Waals surface area contributed by atoms with Crippen LogP contribution in [-0.2, 0) is 18.6 Å². The van der Waals surface area contributed by atoms with Crippen molar-refractivity contribution in [3.05, 3.63) is 0 Å². The van der Waals surface area contributed by atoms with Gasteiger partial charge in [0.2, 0.25) is 0 Å². The second-order valence-corrected chi connectivity index (χ2v) is 7.94. The SMILES string of the molecule is CCCCCCCCCCCCCCCCOCOCCO[P+](C)=O. The van der Waals surface area contributed by atoms with Crippen LogP contribution in [0.15, 0.2) is 0 Å². The summed E-state index contributed by atoms with van der Waals surface area (Å²) < 4.78 is 26.2. The van der Waals surface area contributed by atoms with E-state index in [9.17, 15) is 4.57 Å². The quantitative estimate of drug-likeness (QED) is 0.125. The average molecular weight is 378 g/mol. The molecule has 0 fully saturated rings. The lowest BCUT2D eigenvalue weighted by Crippen LogP contribution is -2.06. The van der Waals surface area contributed by atoms with Crippen LogP contribution in [0, 0.1) is 0 Å². The number of hydrogen-bond donors (Lipinski definition) is 0. The standard InChI is InChI=1S/C20H42O4P/c1-3-4-5-6-7-8-9-10-11-12-13-14-15-16-17-22-20-23-18-19-24-25(2)21/h3-20H2,1-2H3/q+1. The second-order valence-electron chi connectivity index (χ2n) is 6.80. The highest BCUT2D eigenvalue weighted by Crippen LogP contribution is 2.14. The Morgan fingerprint density at radius 1 is 0.600 bits per heavy atom. The molecule has 25 heavy (non-hydrogen) atoms. The third-order valence-electron chi connectivity index (χ3n) is 4.31. The van der Waals surface area contributed by atoms with Gasteiger partial charge in [-0.1, -0.05) is 90.4 Å². The van der Waals surface area contributed by atoms with Crippen molar-refractivity contribution >= 4 is 8.03 Å². The molecular formula is C20H42O4P+. The van der Waals surface area contributed by atoms with Crippen molar-refractivity contribution in [2.24, 2.45) is 0 Å². The van der Waals surface area contributed by atoms with Crippen LogP contribution in [0.4, 0.5) is 0 Å². The number of unbranched alkanes of at least 4 members (excludes halogenated alkanes) is 13. The zero-order valence-electron chi connectivity index (χ0n) is 16.8. The Morgan fingerprint density at radius 2 is 1.04 bits per heavy atom. The van der Waals surface area contributed by atoms with Crippen LogP contribution in [0.2, 0.25) is 0 Å². The van der Waals surface area contributed by atoms with Gasteiger partial charge in [-0.3, -0.25) is 0 Å². The monoisotopic (exact) mass is 377 g/mol. The molecule has 0 radical (unpaired) electrons. The van der Waals surface area contributed by atoms with Gasteiger partial charge in [-0.25, -0.2) is 0 Å². The Morgan fingerprint density at radius 3 is 1.52 bits per heavy atom. The van der Waals surface area contributed by atoms with Gasteiger partial charge in [-0.15, -0.1) is 4.52 Å². The summed E-state index contributed by atoms with van der Waals surface area (Å²) in [6.45, 7) is 5.70. The Labute approximate surface area is 157 Å². The molecule has 0 bridgehead atoms. The molecule has 0 aliphatic rings. The Balaban J connectivity index is 2.97. The van der Waals surface area contributed by atoms with Gasteiger partial charge in [0.1, 0.15) is 13.4 Å². The summed E-state index contributed by atoms with van der Waals surface area (Å²) in [6, 6.07) is 0. The summed E-state index contributed by atoms with van der Waals surface area (Å²) in [4.78, 5) is 0. The summed E-state index contributed by atoms with van der Waals surface area (Å²) in [5, 5.41) is 0. The summed E-state index contributed by atoms with van der Waals surface area (Å²) >= 11 is 0. The number of hydrogen-bond acceptors (Lipinski definition) is 4. The van der Waals surface area contributed by atoms with Crippen LogP contribution in [-0.4, -0.2) is 33.3 Å². The first-order valence-electron chi connectivity index (χ1n) is 10.5. The first-order chi connectivity index (χ1) is 12.3. The van der Waals surface area contributed by atoms with Gasteiger partial charge < -0.3 is 9.47 Å². The van der Waals surface area contributed by atoms with Crippen molar-refractivity contribution in [2.75, 3.05) is 33.3 Å². The predicted octanol–water partition coefficient (Wildman–Crippen LogP) is 6.85. The molecule has 0 saturated carbocycles. The van der Waals surface area contributed by atoms with Gasteiger partial charge in [-0.2, -0.15) is 0 Å². The molecule has 0 spiro atoms. The molecule has 0 rings (SSSR count). The fourth-order valence-corrected chi connectivity index (χ4v) is 3.13. The van der Waals surface area contributed by atoms with Gasteiger partial charge in [0, 0.05) is 6.61 Å². The van der Waals surface area contributed by atoms with Gasteiger partial charge in [0.25, 0.3) is 0 Å². The minimum absolute atomic E-state index is 0.308. The molecule has 0 heterocycles. The molecule has 4 nitrogen and oxygen atoms in total. The fourth-order valence-electron chi connectivity index (χ4n) is 2.80. The third-order valence-corrected chi connectivity index (χ3v) is 4.86. The highest BCUT2D eigenvalue weighted by Gasteiger charge is 2.04. The van der Waals surface area contributed by atoms with E-state index in [1.807, 2.05) is 0 Å². The van der Waals surface area contributed by atoms with Crippen LogP contribution >= 0.6 is 8.03 Å². The van der Waals surface area contributed by atoms with Crippen molar-refractivity contribution in [3.63, 3.8) is 0 Å². The molecule has 0 aliphatic carbocycles. The van der Waals surface area contributed by atoms with E-state index in [2.05, 4.69) is 6.92 Å². The highest BCUT2D eigenvalue weighted by atomic mass is 31.1. The lowest BCUT2D eigenvalue weighted by molar-refractivity contribution is -0.0606. The Bertz CT molecular complexity index is 274. The van der Waals surface area contributed by atoms with Crippen LogP contribution < -0.4 is 0 Å². The summed E-state index contributed by atoms with van der Waals surface area (Å²) in [5.74, 6) is 0. The van der Waals surface area contributed by atoms with E-state index >= 15 is 0 Å². The van der Waals surface area contributed by atoms with Gasteiger partial charge in [0.05, 0.1) is 6.61 Å². The fraction of sp³-hybridized carbons (Fsp3) is 1.00. The molecule has 150 valence electrons. The second kappa shape index (κ2) is 22.0. The maximum absolute atomic E-state index is 10.7. The number of ether oxygens (including phenoxy) is 2. The van der Waals surface area contributed by atoms with Crippen molar-refractivity contribution < 1.29 is 18.6 Å². The molecule has 1 unspecified atom stereocenters. The lowest BCUT2D eigenvalue weighted by atomic mass is 10.0. The minimum atomic E-state index is -1.52. The van der Waals surface area contributed by atoms with E-state index in [-0.39, 0.29) is 0 Å². The van der Waals surface area contributed by atoms with E-state index in [0.29, 0.717) is 20.0 Å². The Hall–Kier alpha value is -0.0200. The van der Waals surface area contributed by atoms with E-state index < -0.39 is 8.03 Å². The Kier molecular flexibility index (Phi) is 22.0. The molecule has 0 N–H and O–H groups in total. The largest absolute Gasteiger partial charge is 0.504 e. The molecule has 5 heteroatoms. The molecule has 0 saturated heterocycles. The third kappa shape index (κ3) is 24.0. The van der Waals surface area contributed by atoms with Crippen molar-refractivity contribution in [2.45, 2.75) is 96.8 Å². The normalized spacial score (nSPS) is 11.8. The molecule has 0 aromatic carbocycles. The molecule has 0 amide bonds. The van der Waals surface area contributed by atoms with Crippen molar-refractivity contribution in [1.82, 2.24) is 0 Å². The lowest BCUT2D eigenvalue weighted by Gasteiger charge is -2.05. The van der Waals surface area contributed by atoms with E-state index in [4.69, 9.17) is 14.0 Å². The van der Waals surface area contributed by atoms with Crippen LogP contribution in [0.25, 0.3) is 0 Å². The van der Waals surface area contributed by atoms with Gasteiger partial charge in [-0.05, 0) is 11.0 Å². The maximum Gasteiger partial charge on any atom is 0.504 e. The van der Waals surface area contributed by atoms with E-state index in [0.717, 1.165) is 13.0 Å². The van der Waals surface area contributed by atoms with Gasteiger partial charge >= 0.3 is 8.03 Å². The van der Waals surface area contributed by atoms with Gasteiger partial charge in [0.15, 0.2) is 6.66 Å². The summed E-state index contributed by atoms with van der Waals surface area (Å²) in [7, 11) is -1.52. The van der Waals surface area contributed by atoms with Crippen LogP contribution in [0.5, 0.6) is 0 Å². The first-order valence-corrected chi connectivity index (χ1v) is 12.1. The molecule has 0 aliphatic heterocycles. The summed E-state index contributed by atoms with van der Waals surface area (Å²) in [6.07, 6.45) is 19.2. The number of rotatable bonds is 21. The molecular weight excluding hydrogens is 335 g/mol. The molecule has 0 aromatic rings. The predicted molar refractivity (Wildman–Crippen MR) is 107 cm³/mol. The van der Waals surface area contributed by atoms with Crippen LogP contribution in [0.3, 0.4) is 0 Å². The van der Waals surface area contributed by atoms with Crippen molar-refractivity contribution in [3.8, 4) is 0 Å². The highest BCUT2D eigenvalue weighted by molar-refractivity contribution is 7.38. The zero-order chi connectivity index (χ0) is 18.4. The topological polar surface area (TPSA) is 44.8 Å². The van der Waals surface area contributed by atoms with Crippen molar-refractivity contribution in [1.29, 1.82) is 0 Å². The molecule has 1 atom stereocenters. The zero-order valence-corrected chi connectivity index (χ0v) is 17.7.